The van der Waals surface area contributed by atoms with Crippen molar-refractivity contribution < 1.29 is 9.59 Å². The van der Waals surface area contributed by atoms with E-state index in [1.807, 2.05) is 35.0 Å². The van der Waals surface area contributed by atoms with Crippen LogP contribution in [0.15, 0.2) is 30.5 Å². The third kappa shape index (κ3) is 4.75. The number of nitrogens with one attached hydrogen (secondary N) is 2. The predicted molar refractivity (Wildman–Crippen MR) is 97.1 cm³/mol. The van der Waals surface area contributed by atoms with Gasteiger partial charge in [-0.1, -0.05) is 13.8 Å². The highest BCUT2D eigenvalue weighted by atomic mass is 16.2. The highest BCUT2D eigenvalue weighted by Crippen LogP contribution is 2.20. The lowest BCUT2D eigenvalue weighted by Crippen LogP contribution is -2.30. The highest BCUT2D eigenvalue weighted by molar-refractivity contribution is 5.93. The maximum Gasteiger partial charge on any atom is 0.319 e. The van der Waals surface area contributed by atoms with Gasteiger partial charge in [0.1, 0.15) is 6.54 Å². The number of amides is 3. The molecular formula is C18H26N4O2. The third-order valence-electron chi connectivity index (χ3n) is 3.84. The number of urea groups is 1. The molecule has 0 atom stereocenters. The minimum atomic E-state index is -0.197. The Morgan fingerprint density at radius 2 is 1.96 bits per heavy atom. The molecule has 0 spiro atoms. The molecule has 6 nitrogen and oxygen atoms in total. The van der Waals surface area contributed by atoms with E-state index in [4.69, 9.17) is 0 Å². The second-order valence-electron chi connectivity index (χ2n) is 6.57. The molecule has 0 saturated carbocycles. The van der Waals surface area contributed by atoms with Crippen molar-refractivity contribution >= 4 is 28.5 Å². The van der Waals surface area contributed by atoms with E-state index in [2.05, 4.69) is 24.5 Å². The van der Waals surface area contributed by atoms with Gasteiger partial charge in [0.05, 0.1) is 0 Å². The lowest BCUT2D eigenvalue weighted by atomic mass is 10.1. The summed E-state index contributed by atoms with van der Waals surface area (Å²) in [6.45, 7) is 5.21. The Balaban J connectivity index is 2.02. The molecule has 1 heterocycles. The Hall–Kier alpha value is -2.50. The van der Waals surface area contributed by atoms with Crippen LogP contribution in [0, 0.1) is 5.92 Å². The molecule has 1 aromatic carbocycles. The molecule has 2 N–H and O–H groups in total. The van der Waals surface area contributed by atoms with Crippen molar-refractivity contribution in [3.8, 4) is 0 Å². The van der Waals surface area contributed by atoms with E-state index in [-0.39, 0.29) is 11.9 Å². The van der Waals surface area contributed by atoms with Gasteiger partial charge in [-0.25, -0.2) is 4.79 Å². The molecule has 0 radical (unpaired) electrons. The SMILES string of the molecule is CC(C)CCNC(=O)Nc1ccc2c(ccn2CC(=O)N(C)C)c1. The number of carbonyl (C=O) groups is 2. The van der Waals surface area contributed by atoms with Crippen molar-refractivity contribution in [2.75, 3.05) is 26.0 Å². The van der Waals surface area contributed by atoms with E-state index in [0.29, 0.717) is 19.0 Å². The van der Waals surface area contributed by atoms with E-state index in [1.165, 1.54) is 0 Å². The second kappa shape index (κ2) is 7.86. The Labute approximate surface area is 142 Å². The molecule has 24 heavy (non-hydrogen) atoms. The van der Waals surface area contributed by atoms with Gasteiger partial charge in [0.25, 0.3) is 0 Å². The van der Waals surface area contributed by atoms with E-state index in [0.717, 1.165) is 23.0 Å². The van der Waals surface area contributed by atoms with Crippen molar-refractivity contribution in [2.45, 2.75) is 26.8 Å². The largest absolute Gasteiger partial charge is 0.347 e. The van der Waals surface area contributed by atoms with Crippen molar-refractivity contribution in [1.82, 2.24) is 14.8 Å². The van der Waals surface area contributed by atoms with Gasteiger partial charge >= 0.3 is 6.03 Å². The second-order valence-corrected chi connectivity index (χ2v) is 6.57. The first-order chi connectivity index (χ1) is 11.4. The lowest BCUT2D eigenvalue weighted by Gasteiger charge is -2.12. The predicted octanol–water partition coefficient (Wildman–Crippen LogP) is 2.90. The van der Waals surface area contributed by atoms with Gasteiger partial charge in [-0.05, 0) is 36.6 Å². The van der Waals surface area contributed by atoms with Crippen LogP contribution >= 0.6 is 0 Å². The number of anilines is 1. The molecule has 0 aliphatic heterocycles. The van der Waals surface area contributed by atoms with Crippen molar-refractivity contribution in [3.63, 3.8) is 0 Å². The first-order valence-corrected chi connectivity index (χ1v) is 8.20. The Bertz CT molecular complexity index is 719. The average molecular weight is 330 g/mol. The van der Waals surface area contributed by atoms with Crippen LogP contribution in [0.2, 0.25) is 0 Å². The molecule has 130 valence electrons. The molecule has 2 rings (SSSR count). The van der Waals surface area contributed by atoms with E-state index >= 15 is 0 Å². The fourth-order valence-corrected chi connectivity index (χ4v) is 2.35. The third-order valence-corrected chi connectivity index (χ3v) is 3.84. The molecule has 3 amide bonds. The fourth-order valence-electron chi connectivity index (χ4n) is 2.35. The molecule has 1 aromatic heterocycles. The maximum atomic E-state index is 11.9. The summed E-state index contributed by atoms with van der Waals surface area (Å²) in [5, 5.41) is 6.68. The summed E-state index contributed by atoms with van der Waals surface area (Å²) in [5.41, 5.74) is 1.71. The zero-order chi connectivity index (χ0) is 17.7. The van der Waals surface area contributed by atoms with Crippen molar-refractivity contribution in [2.24, 2.45) is 5.92 Å². The number of fused-ring (bicyclic) bond motifs is 1. The number of carbonyl (C=O) groups excluding carboxylic acids is 2. The van der Waals surface area contributed by atoms with Crippen molar-refractivity contribution in [1.29, 1.82) is 0 Å². The Kier molecular flexibility index (Phi) is 5.84. The van der Waals surface area contributed by atoms with Crippen LogP contribution in [0.1, 0.15) is 20.3 Å². The molecule has 0 saturated heterocycles. The summed E-state index contributed by atoms with van der Waals surface area (Å²) in [5.74, 6) is 0.602. The Morgan fingerprint density at radius 3 is 2.62 bits per heavy atom. The fraction of sp³-hybridized carbons (Fsp3) is 0.444. The molecule has 0 bridgehead atoms. The quantitative estimate of drug-likeness (QED) is 0.855. The number of rotatable bonds is 6. The van der Waals surface area contributed by atoms with Crippen LogP contribution in [0.25, 0.3) is 10.9 Å². The Morgan fingerprint density at radius 1 is 1.21 bits per heavy atom. The van der Waals surface area contributed by atoms with Crippen LogP contribution < -0.4 is 10.6 Å². The monoisotopic (exact) mass is 330 g/mol. The van der Waals surface area contributed by atoms with Gasteiger partial charge in [0.2, 0.25) is 5.91 Å². The first kappa shape index (κ1) is 17.8. The summed E-state index contributed by atoms with van der Waals surface area (Å²) in [6, 6.07) is 7.43. The van der Waals surface area contributed by atoms with Crippen LogP contribution in [-0.2, 0) is 11.3 Å². The lowest BCUT2D eigenvalue weighted by molar-refractivity contribution is -0.129. The molecule has 0 aliphatic carbocycles. The summed E-state index contributed by atoms with van der Waals surface area (Å²) < 4.78 is 1.91. The van der Waals surface area contributed by atoms with E-state index in [1.54, 1.807) is 19.0 Å². The van der Waals surface area contributed by atoms with E-state index < -0.39 is 0 Å². The molecule has 6 heteroatoms. The molecule has 2 aromatic rings. The first-order valence-electron chi connectivity index (χ1n) is 8.20. The van der Waals surface area contributed by atoms with Gasteiger partial charge in [-0.2, -0.15) is 0 Å². The number of likely N-dealkylation sites (N-methyl/N-ethyl adjacent to an activating group) is 1. The zero-order valence-corrected chi connectivity index (χ0v) is 14.8. The van der Waals surface area contributed by atoms with Crippen LogP contribution in [-0.4, -0.2) is 42.0 Å². The van der Waals surface area contributed by atoms with Gasteiger partial charge in [0, 0.05) is 43.4 Å². The number of benzene rings is 1. The zero-order valence-electron chi connectivity index (χ0n) is 14.8. The van der Waals surface area contributed by atoms with E-state index in [9.17, 15) is 9.59 Å². The summed E-state index contributed by atoms with van der Waals surface area (Å²) >= 11 is 0. The number of hydrogen-bond donors (Lipinski definition) is 2. The summed E-state index contributed by atoms with van der Waals surface area (Å²) in [6.07, 6.45) is 2.84. The minimum Gasteiger partial charge on any atom is -0.347 e. The number of hydrogen-bond acceptors (Lipinski definition) is 2. The smallest absolute Gasteiger partial charge is 0.319 e. The van der Waals surface area contributed by atoms with Crippen molar-refractivity contribution in [3.05, 3.63) is 30.5 Å². The standard InChI is InChI=1S/C18H26N4O2/c1-13(2)7-9-19-18(24)20-15-5-6-16-14(11-15)8-10-22(16)12-17(23)21(3)4/h5-6,8,10-11,13H,7,9,12H2,1-4H3,(H2,19,20,24). The average Bonchev–Trinajstić information content (AvgIpc) is 2.89. The molecule has 0 unspecified atom stereocenters. The molecule has 0 aliphatic rings. The maximum absolute atomic E-state index is 11.9. The number of aromatic nitrogens is 1. The van der Waals surface area contributed by atoms with Gasteiger partial charge < -0.3 is 20.1 Å². The number of nitrogens with zero attached hydrogens (tertiary/aromatic N) is 2. The van der Waals surface area contributed by atoms with Gasteiger partial charge in [-0.3, -0.25) is 4.79 Å². The van der Waals surface area contributed by atoms with Crippen LogP contribution in [0.5, 0.6) is 0 Å². The van der Waals surface area contributed by atoms with Crippen LogP contribution in [0.3, 0.4) is 0 Å². The normalized spacial score (nSPS) is 10.9. The molecule has 0 fully saturated rings. The summed E-state index contributed by atoms with van der Waals surface area (Å²) in [4.78, 5) is 25.3. The van der Waals surface area contributed by atoms with Crippen LogP contribution in [0.4, 0.5) is 10.5 Å². The van der Waals surface area contributed by atoms with Gasteiger partial charge in [0.15, 0.2) is 0 Å². The minimum absolute atomic E-state index is 0.0410. The summed E-state index contributed by atoms with van der Waals surface area (Å²) in [7, 11) is 3.49. The topological polar surface area (TPSA) is 66.4 Å². The highest BCUT2D eigenvalue weighted by Gasteiger charge is 2.09. The molecular weight excluding hydrogens is 304 g/mol. The van der Waals surface area contributed by atoms with Gasteiger partial charge in [-0.15, -0.1) is 0 Å².